The number of aryl methyl sites for hydroxylation is 1. The van der Waals surface area contributed by atoms with E-state index in [1.54, 1.807) is 6.92 Å². The fourth-order valence-corrected chi connectivity index (χ4v) is 1.51. The average Bonchev–Trinajstić information content (AvgIpc) is 1.82. The summed E-state index contributed by atoms with van der Waals surface area (Å²) >= 11 is 11.2. The molecular weight excluding hydrogens is 199 g/mol. The summed E-state index contributed by atoms with van der Waals surface area (Å²) in [6.45, 7) is 3.07. The molecule has 0 aliphatic rings. The van der Waals surface area contributed by atoms with Crippen LogP contribution in [0.5, 0.6) is 0 Å². The lowest BCUT2D eigenvalue weighted by Gasteiger charge is -2.02. The van der Waals surface area contributed by atoms with E-state index in [2.05, 4.69) is 9.97 Å². The van der Waals surface area contributed by atoms with Crippen LogP contribution in [0.4, 0.5) is 0 Å². The monoisotopic (exact) mass is 204 g/mol. The molecule has 0 radical (unpaired) electrons. The van der Waals surface area contributed by atoms with Crippen molar-refractivity contribution in [2.75, 3.05) is 0 Å². The lowest BCUT2D eigenvalue weighted by molar-refractivity contribution is 0.101. The Labute approximate surface area is 79.7 Å². The molecule has 1 heterocycles. The largest absolute Gasteiger partial charge is 0.294 e. The van der Waals surface area contributed by atoms with Gasteiger partial charge in [-0.2, -0.15) is 0 Å². The summed E-state index contributed by atoms with van der Waals surface area (Å²) in [5, 5.41) is 0.169. The minimum Gasteiger partial charge on any atom is -0.294 e. The predicted molar refractivity (Wildman–Crippen MR) is 46.8 cm³/mol. The Kier molecular flexibility index (Phi) is 2.65. The Morgan fingerprint density at radius 3 is 2.33 bits per heavy atom. The smallest absolute Gasteiger partial charge is 0.224 e. The van der Waals surface area contributed by atoms with Gasteiger partial charge in [0.2, 0.25) is 5.28 Å². The van der Waals surface area contributed by atoms with Crippen LogP contribution in [0.1, 0.15) is 23.0 Å². The van der Waals surface area contributed by atoms with Crippen molar-refractivity contribution in [3.05, 3.63) is 21.7 Å². The maximum atomic E-state index is 11.0. The number of hydrogen-bond acceptors (Lipinski definition) is 3. The summed E-state index contributed by atoms with van der Waals surface area (Å²) in [6.07, 6.45) is 0. The topological polar surface area (TPSA) is 42.9 Å². The minimum atomic E-state index is -0.158. The van der Waals surface area contributed by atoms with Crippen molar-refractivity contribution in [3.63, 3.8) is 0 Å². The van der Waals surface area contributed by atoms with E-state index in [9.17, 15) is 4.79 Å². The van der Waals surface area contributed by atoms with Crippen LogP contribution in [0.3, 0.4) is 0 Å². The Morgan fingerprint density at radius 1 is 1.33 bits per heavy atom. The Hall–Kier alpha value is -0.670. The minimum absolute atomic E-state index is 0.0579. The van der Waals surface area contributed by atoms with Crippen LogP contribution >= 0.6 is 23.2 Å². The number of ketones is 1. The third-order valence-corrected chi connectivity index (χ3v) is 1.81. The van der Waals surface area contributed by atoms with E-state index in [1.807, 2.05) is 0 Å². The molecule has 1 rings (SSSR count). The highest BCUT2D eigenvalue weighted by Gasteiger charge is 2.12. The normalized spacial score (nSPS) is 10.0. The van der Waals surface area contributed by atoms with E-state index < -0.39 is 0 Å². The van der Waals surface area contributed by atoms with E-state index in [0.29, 0.717) is 11.3 Å². The number of carbonyl (C=O) groups is 1. The highest BCUT2D eigenvalue weighted by Crippen LogP contribution is 2.18. The van der Waals surface area contributed by atoms with Crippen LogP contribution in [0.25, 0.3) is 0 Å². The molecule has 0 saturated carbocycles. The van der Waals surface area contributed by atoms with E-state index >= 15 is 0 Å². The van der Waals surface area contributed by atoms with Crippen LogP contribution in [0, 0.1) is 6.92 Å². The Morgan fingerprint density at radius 2 is 1.92 bits per heavy atom. The van der Waals surface area contributed by atoms with E-state index in [0.717, 1.165) is 0 Å². The molecule has 64 valence electrons. The summed E-state index contributed by atoms with van der Waals surface area (Å²) < 4.78 is 0. The van der Waals surface area contributed by atoms with Crippen molar-refractivity contribution in [1.82, 2.24) is 9.97 Å². The van der Waals surface area contributed by atoms with Crippen LogP contribution in [0.15, 0.2) is 0 Å². The van der Waals surface area contributed by atoms with Gasteiger partial charge in [0.15, 0.2) is 5.78 Å². The number of carbonyl (C=O) groups excluding carboxylic acids is 1. The summed E-state index contributed by atoms with van der Waals surface area (Å²) in [4.78, 5) is 18.5. The molecule has 0 bridgehead atoms. The van der Waals surface area contributed by atoms with E-state index in [4.69, 9.17) is 23.2 Å². The van der Waals surface area contributed by atoms with Gasteiger partial charge in [-0.3, -0.25) is 4.79 Å². The van der Waals surface area contributed by atoms with E-state index in [1.165, 1.54) is 6.92 Å². The zero-order valence-corrected chi connectivity index (χ0v) is 8.07. The average molecular weight is 205 g/mol. The first kappa shape index (κ1) is 9.42. The van der Waals surface area contributed by atoms with Crippen molar-refractivity contribution in [2.45, 2.75) is 13.8 Å². The van der Waals surface area contributed by atoms with Crippen LogP contribution < -0.4 is 0 Å². The zero-order valence-electron chi connectivity index (χ0n) is 6.56. The third-order valence-electron chi connectivity index (χ3n) is 1.37. The van der Waals surface area contributed by atoms with Gasteiger partial charge < -0.3 is 0 Å². The SMILES string of the molecule is CC(=O)c1c(C)nc(Cl)nc1Cl. The molecule has 1 aromatic heterocycles. The van der Waals surface area contributed by atoms with Gasteiger partial charge in [-0.15, -0.1) is 0 Å². The van der Waals surface area contributed by atoms with Gasteiger partial charge in [0.1, 0.15) is 5.15 Å². The fourth-order valence-electron chi connectivity index (χ4n) is 0.905. The molecule has 0 unspecified atom stereocenters. The number of aromatic nitrogens is 2. The highest BCUT2D eigenvalue weighted by molar-refractivity contribution is 6.34. The number of rotatable bonds is 1. The maximum absolute atomic E-state index is 11.0. The maximum Gasteiger partial charge on any atom is 0.224 e. The van der Waals surface area contributed by atoms with Crippen molar-refractivity contribution >= 4 is 29.0 Å². The van der Waals surface area contributed by atoms with Gasteiger partial charge >= 0.3 is 0 Å². The molecule has 1 aromatic rings. The van der Waals surface area contributed by atoms with Gasteiger partial charge in [0.25, 0.3) is 0 Å². The highest BCUT2D eigenvalue weighted by atomic mass is 35.5. The number of halogens is 2. The fraction of sp³-hybridized carbons (Fsp3) is 0.286. The molecule has 0 atom stereocenters. The second-order valence-electron chi connectivity index (χ2n) is 2.30. The second kappa shape index (κ2) is 3.37. The van der Waals surface area contributed by atoms with Crippen molar-refractivity contribution in [3.8, 4) is 0 Å². The Bertz CT molecular complexity index is 315. The summed E-state index contributed by atoms with van der Waals surface area (Å²) in [5.74, 6) is -0.158. The van der Waals surface area contributed by atoms with Crippen molar-refractivity contribution < 1.29 is 4.79 Å². The van der Waals surface area contributed by atoms with Crippen molar-refractivity contribution in [1.29, 1.82) is 0 Å². The van der Waals surface area contributed by atoms with Crippen LogP contribution in [0.2, 0.25) is 10.4 Å². The summed E-state index contributed by atoms with van der Waals surface area (Å²) in [5.41, 5.74) is 0.841. The number of hydrogen-bond donors (Lipinski definition) is 0. The van der Waals surface area contributed by atoms with Gasteiger partial charge in [0, 0.05) is 0 Å². The zero-order chi connectivity index (χ0) is 9.30. The third kappa shape index (κ3) is 1.73. The Balaban J connectivity index is 3.38. The molecular formula is C7H6Cl2N2O. The predicted octanol–water partition coefficient (Wildman–Crippen LogP) is 2.29. The molecule has 0 fully saturated rings. The van der Waals surface area contributed by atoms with Crippen LogP contribution in [-0.4, -0.2) is 15.8 Å². The summed E-state index contributed by atoms with van der Waals surface area (Å²) in [7, 11) is 0. The lowest BCUT2D eigenvalue weighted by Crippen LogP contribution is -2.02. The first-order valence-corrected chi connectivity index (χ1v) is 3.98. The number of Topliss-reactive ketones (excluding diaryl/α,β-unsaturated/α-hetero) is 1. The molecule has 0 amide bonds. The first-order chi connectivity index (χ1) is 5.52. The van der Waals surface area contributed by atoms with Gasteiger partial charge in [-0.25, -0.2) is 9.97 Å². The molecule has 3 nitrogen and oxygen atoms in total. The van der Waals surface area contributed by atoms with Gasteiger partial charge in [-0.1, -0.05) is 11.6 Å². The quantitative estimate of drug-likeness (QED) is 0.401. The van der Waals surface area contributed by atoms with Gasteiger partial charge in [0.05, 0.1) is 11.3 Å². The standard InChI is InChI=1S/C7H6Cl2N2O/c1-3-5(4(2)12)6(8)11-7(9)10-3/h1-2H3. The number of nitrogens with zero attached hydrogens (tertiary/aromatic N) is 2. The molecule has 5 heteroatoms. The molecule has 12 heavy (non-hydrogen) atoms. The molecule has 0 aromatic carbocycles. The first-order valence-electron chi connectivity index (χ1n) is 3.23. The lowest BCUT2D eigenvalue weighted by atomic mass is 10.2. The molecule has 0 N–H and O–H groups in total. The molecule has 0 spiro atoms. The molecule has 0 aliphatic carbocycles. The summed E-state index contributed by atoms with van der Waals surface area (Å²) in [6, 6.07) is 0. The van der Waals surface area contributed by atoms with Gasteiger partial charge in [-0.05, 0) is 25.4 Å². The van der Waals surface area contributed by atoms with E-state index in [-0.39, 0.29) is 16.2 Å². The second-order valence-corrected chi connectivity index (χ2v) is 3.00. The molecule has 0 saturated heterocycles. The van der Waals surface area contributed by atoms with Crippen molar-refractivity contribution in [2.24, 2.45) is 0 Å². The van der Waals surface area contributed by atoms with Crippen LogP contribution in [-0.2, 0) is 0 Å². The molecule has 0 aliphatic heterocycles.